The molecule has 0 bridgehead atoms. The fourth-order valence-corrected chi connectivity index (χ4v) is 0.925. The summed E-state index contributed by atoms with van der Waals surface area (Å²) in [5.41, 5.74) is 0. The molecule has 0 aliphatic rings. The molecule has 12 heavy (non-hydrogen) atoms. The van der Waals surface area contributed by atoms with Crippen LogP contribution in [0.5, 0.6) is 0 Å². The van der Waals surface area contributed by atoms with Crippen LogP contribution in [0.4, 0.5) is 0 Å². The summed E-state index contributed by atoms with van der Waals surface area (Å²) in [6, 6.07) is 3.51. The molecule has 0 radical (unpaired) electrons. The van der Waals surface area contributed by atoms with E-state index in [1.165, 1.54) is 6.33 Å². The fraction of sp³-hybridized carbons (Fsp3) is 0. The van der Waals surface area contributed by atoms with Crippen LogP contribution in [0.25, 0.3) is 11.6 Å². The van der Waals surface area contributed by atoms with E-state index in [4.69, 9.17) is 16.0 Å². The highest BCUT2D eigenvalue weighted by molar-refractivity contribution is 6.28. The van der Waals surface area contributed by atoms with E-state index in [2.05, 4.69) is 15.0 Å². The molecule has 0 saturated heterocycles. The first-order valence-corrected chi connectivity index (χ1v) is 3.62. The Morgan fingerprint density at radius 2 is 2.25 bits per heavy atom. The lowest BCUT2D eigenvalue weighted by molar-refractivity contribution is 0.576. The molecule has 60 valence electrons. The third-order valence-corrected chi connectivity index (χ3v) is 1.47. The second-order valence-electron chi connectivity index (χ2n) is 2.06. The lowest BCUT2D eigenvalue weighted by Gasteiger charge is -1.92. The number of hydrogen-bond acceptors (Lipinski definition) is 4. The number of rotatable bonds is 1. The summed E-state index contributed by atoms with van der Waals surface area (Å²) in [6.45, 7) is 0. The van der Waals surface area contributed by atoms with E-state index >= 15 is 0 Å². The molecule has 0 aliphatic carbocycles. The minimum Gasteiger partial charge on any atom is -0.461 e. The summed E-state index contributed by atoms with van der Waals surface area (Å²) in [5.74, 6) is 1.03. The first kappa shape index (κ1) is 7.24. The molecule has 0 atom stereocenters. The van der Waals surface area contributed by atoms with Gasteiger partial charge in [0.25, 0.3) is 0 Å². The maximum atomic E-state index is 5.56. The number of hydrogen-bond donors (Lipinski definition) is 0. The molecule has 2 aromatic rings. The minimum absolute atomic E-state index is 0.163. The normalized spacial score (nSPS) is 10.1. The van der Waals surface area contributed by atoms with Crippen molar-refractivity contribution in [1.29, 1.82) is 0 Å². The van der Waals surface area contributed by atoms with Crippen molar-refractivity contribution in [1.82, 2.24) is 15.0 Å². The van der Waals surface area contributed by atoms with Crippen molar-refractivity contribution >= 4 is 11.6 Å². The van der Waals surface area contributed by atoms with Gasteiger partial charge in [0.2, 0.25) is 5.28 Å². The van der Waals surface area contributed by atoms with Crippen LogP contribution in [0.3, 0.4) is 0 Å². The van der Waals surface area contributed by atoms with Crippen LogP contribution in [0.2, 0.25) is 5.28 Å². The molecule has 0 unspecified atom stereocenters. The van der Waals surface area contributed by atoms with Crippen LogP contribution in [-0.4, -0.2) is 15.0 Å². The number of aromatic nitrogens is 3. The van der Waals surface area contributed by atoms with Crippen LogP contribution >= 0.6 is 11.6 Å². The summed E-state index contributed by atoms with van der Waals surface area (Å²) in [6.07, 6.45) is 2.89. The van der Waals surface area contributed by atoms with Gasteiger partial charge in [0, 0.05) is 0 Å². The summed E-state index contributed by atoms with van der Waals surface area (Å²) in [5, 5.41) is 0.163. The van der Waals surface area contributed by atoms with E-state index in [0.717, 1.165) is 0 Å². The largest absolute Gasteiger partial charge is 0.461 e. The lowest BCUT2D eigenvalue weighted by atomic mass is 10.4. The molecule has 2 rings (SSSR count). The Morgan fingerprint density at radius 3 is 2.92 bits per heavy atom. The van der Waals surface area contributed by atoms with Crippen molar-refractivity contribution in [2.24, 2.45) is 0 Å². The van der Waals surface area contributed by atoms with Gasteiger partial charge in [-0.3, -0.25) is 0 Å². The average Bonchev–Trinajstić information content (AvgIpc) is 2.56. The quantitative estimate of drug-likeness (QED) is 0.673. The van der Waals surface area contributed by atoms with E-state index < -0.39 is 0 Å². The average molecular weight is 182 g/mol. The minimum atomic E-state index is 0.163. The van der Waals surface area contributed by atoms with Crippen LogP contribution in [-0.2, 0) is 0 Å². The van der Waals surface area contributed by atoms with Crippen molar-refractivity contribution in [3.05, 3.63) is 30.0 Å². The Hall–Kier alpha value is -1.42. The Labute approximate surface area is 73.2 Å². The second-order valence-corrected chi connectivity index (χ2v) is 2.39. The Kier molecular flexibility index (Phi) is 1.75. The standard InChI is InChI=1S/C7H4ClN3O/c8-7-10-4-9-6(11-7)5-2-1-3-12-5/h1-4H. The molecule has 2 aromatic heterocycles. The Bertz CT molecular complexity index is 374. The number of furan rings is 1. The molecule has 0 N–H and O–H groups in total. The lowest BCUT2D eigenvalue weighted by Crippen LogP contribution is -1.89. The first-order chi connectivity index (χ1) is 5.86. The highest BCUT2D eigenvalue weighted by Gasteiger charge is 2.03. The molecule has 4 nitrogen and oxygen atoms in total. The number of nitrogens with zero attached hydrogens (tertiary/aromatic N) is 3. The van der Waals surface area contributed by atoms with Gasteiger partial charge in [0.1, 0.15) is 6.33 Å². The molecule has 2 heterocycles. The van der Waals surface area contributed by atoms with Crippen LogP contribution in [0.15, 0.2) is 29.1 Å². The smallest absolute Gasteiger partial charge is 0.226 e. The summed E-state index contributed by atoms with van der Waals surface area (Å²) < 4.78 is 5.06. The molecule has 0 spiro atoms. The fourth-order valence-electron chi connectivity index (χ4n) is 0.801. The zero-order valence-corrected chi connectivity index (χ0v) is 6.69. The van der Waals surface area contributed by atoms with E-state index in [0.29, 0.717) is 11.6 Å². The van der Waals surface area contributed by atoms with Gasteiger partial charge in [0.05, 0.1) is 6.26 Å². The monoisotopic (exact) mass is 181 g/mol. The molecular formula is C7H4ClN3O. The van der Waals surface area contributed by atoms with Gasteiger partial charge in [-0.05, 0) is 23.7 Å². The van der Waals surface area contributed by atoms with Gasteiger partial charge in [-0.25, -0.2) is 9.97 Å². The third-order valence-electron chi connectivity index (χ3n) is 1.28. The number of halogens is 1. The zero-order chi connectivity index (χ0) is 8.39. The van der Waals surface area contributed by atoms with Gasteiger partial charge in [-0.1, -0.05) is 0 Å². The second kappa shape index (κ2) is 2.91. The molecule has 0 saturated carbocycles. The summed E-state index contributed by atoms with van der Waals surface area (Å²) in [4.78, 5) is 11.4. The highest BCUT2D eigenvalue weighted by Crippen LogP contribution is 2.14. The van der Waals surface area contributed by atoms with Crippen molar-refractivity contribution < 1.29 is 4.42 Å². The maximum Gasteiger partial charge on any atom is 0.226 e. The van der Waals surface area contributed by atoms with E-state index in [-0.39, 0.29) is 5.28 Å². The van der Waals surface area contributed by atoms with Gasteiger partial charge < -0.3 is 4.42 Å². The van der Waals surface area contributed by atoms with E-state index in [9.17, 15) is 0 Å². The first-order valence-electron chi connectivity index (χ1n) is 3.24. The van der Waals surface area contributed by atoms with Crippen molar-refractivity contribution in [2.45, 2.75) is 0 Å². The molecule has 0 aliphatic heterocycles. The van der Waals surface area contributed by atoms with Crippen molar-refractivity contribution in [3.8, 4) is 11.6 Å². The maximum absolute atomic E-state index is 5.56. The summed E-state index contributed by atoms with van der Waals surface area (Å²) in [7, 11) is 0. The third kappa shape index (κ3) is 1.29. The zero-order valence-electron chi connectivity index (χ0n) is 5.94. The van der Waals surface area contributed by atoms with Crippen LogP contribution < -0.4 is 0 Å². The van der Waals surface area contributed by atoms with Crippen LogP contribution in [0.1, 0.15) is 0 Å². The Morgan fingerprint density at radius 1 is 1.33 bits per heavy atom. The predicted octanol–water partition coefficient (Wildman–Crippen LogP) is 1.78. The van der Waals surface area contributed by atoms with Gasteiger partial charge >= 0.3 is 0 Å². The topological polar surface area (TPSA) is 51.8 Å². The van der Waals surface area contributed by atoms with Crippen LogP contribution in [0, 0.1) is 0 Å². The van der Waals surface area contributed by atoms with E-state index in [1.807, 2.05) is 0 Å². The Balaban J connectivity index is 2.48. The molecule has 0 fully saturated rings. The molecular weight excluding hydrogens is 178 g/mol. The van der Waals surface area contributed by atoms with Crippen molar-refractivity contribution in [3.63, 3.8) is 0 Å². The summed E-state index contributed by atoms with van der Waals surface area (Å²) >= 11 is 5.56. The molecule has 5 heteroatoms. The molecule has 0 aromatic carbocycles. The van der Waals surface area contributed by atoms with Gasteiger partial charge in [-0.15, -0.1) is 0 Å². The van der Waals surface area contributed by atoms with Crippen molar-refractivity contribution in [2.75, 3.05) is 0 Å². The highest BCUT2D eigenvalue weighted by atomic mass is 35.5. The SMILES string of the molecule is Clc1ncnc(-c2ccco2)n1. The van der Waals surface area contributed by atoms with Gasteiger partial charge in [0.15, 0.2) is 11.6 Å². The predicted molar refractivity (Wildman–Crippen MR) is 42.5 cm³/mol. The van der Waals surface area contributed by atoms with E-state index in [1.54, 1.807) is 18.4 Å². The molecule has 0 amide bonds. The van der Waals surface area contributed by atoms with Gasteiger partial charge in [-0.2, -0.15) is 4.98 Å².